The molecule has 0 spiro atoms. The maximum absolute atomic E-state index is 12.5. The molecule has 8 heteroatoms. The number of ether oxygens (including phenoxy) is 1. The monoisotopic (exact) mass is 403 g/mol. The van der Waals surface area contributed by atoms with Crippen LogP contribution in [-0.2, 0) is 4.74 Å². The first-order valence-electron chi connectivity index (χ1n) is 9.20. The van der Waals surface area contributed by atoms with Gasteiger partial charge < -0.3 is 10.5 Å². The molecule has 30 heavy (non-hydrogen) atoms. The van der Waals surface area contributed by atoms with Crippen LogP contribution >= 0.6 is 0 Å². The molecule has 1 aliphatic rings. The van der Waals surface area contributed by atoms with Gasteiger partial charge in [0.2, 0.25) is 0 Å². The summed E-state index contributed by atoms with van der Waals surface area (Å²) in [6, 6.07) is 15.0. The number of nitrogen functional groups attached to an aromatic ring is 1. The molecule has 0 fully saturated rings. The summed E-state index contributed by atoms with van der Waals surface area (Å²) in [5.74, 6) is -1.73. The van der Waals surface area contributed by atoms with Crippen LogP contribution in [0.5, 0.6) is 0 Å². The first-order valence-corrected chi connectivity index (χ1v) is 9.20. The van der Waals surface area contributed by atoms with E-state index in [-0.39, 0.29) is 22.9 Å². The summed E-state index contributed by atoms with van der Waals surface area (Å²) in [7, 11) is 0. The normalized spacial score (nSPS) is 12.4. The zero-order chi connectivity index (χ0) is 21.4. The van der Waals surface area contributed by atoms with Crippen LogP contribution < -0.4 is 16.6 Å². The van der Waals surface area contributed by atoms with E-state index < -0.39 is 17.4 Å². The Labute approximate surface area is 170 Å². The van der Waals surface area contributed by atoms with Crippen LogP contribution in [-0.4, -0.2) is 29.0 Å². The molecule has 4 rings (SSSR count). The topological polar surface area (TPSA) is 120 Å². The van der Waals surface area contributed by atoms with Crippen molar-refractivity contribution in [3.05, 3.63) is 81.6 Å². The first kappa shape index (κ1) is 19.1. The van der Waals surface area contributed by atoms with Gasteiger partial charge in [0.15, 0.2) is 0 Å². The SMILES string of the molecule is CCOC(=O)c1ccc(-c2ccc(-n3c(N)c4c(cc3=O)C(=O)NC4=O)cc2)cc1. The van der Waals surface area contributed by atoms with Crippen molar-refractivity contribution in [1.29, 1.82) is 0 Å². The number of hydrogen-bond donors (Lipinski definition) is 2. The number of imide groups is 1. The lowest BCUT2D eigenvalue weighted by Crippen LogP contribution is -2.24. The molecule has 1 aromatic heterocycles. The summed E-state index contributed by atoms with van der Waals surface area (Å²) in [5.41, 5.74) is 8.16. The highest BCUT2D eigenvalue weighted by Crippen LogP contribution is 2.25. The minimum Gasteiger partial charge on any atom is -0.462 e. The van der Waals surface area contributed by atoms with Gasteiger partial charge in [-0.2, -0.15) is 0 Å². The Hall–Kier alpha value is -4.20. The standard InChI is InChI=1S/C22H17N3O5/c1-2-30-22(29)14-5-3-12(4-6-14)13-7-9-15(10-8-13)25-17(26)11-16-18(19(25)23)21(28)24-20(16)27/h3-11H,2,23H2,1H3,(H,24,27,28). The van der Waals surface area contributed by atoms with Gasteiger partial charge >= 0.3 is 5.97 Å². The van der Waals surface area contributed by atoms with Gasteiger partial charge in [0.25, 0.3) is 17.4 Å². The minimum absolute atomic E-state index is 0.00164. The highest BCUT2D eigenvalue weighted by molar-refractivity contribution is 6.23. The van der Waals surface area contributed by atoms with Crippen molar-refractivity contribution in [2.75, 3.05) is 12.3 Å². The van der Waals surface area contributed by atoms with E-state index in [0.29, 0.717) is 17.9 Å². The molecule has 0 saturated carbocycles. The molecule has 0 unspecified atom stereocenters. The fourth-order valence-corrected chi connectivity index (χ4v) is 3.36. The summed E-state index contributed by atoms with van der Waals surface area (Å²) in [6.45, 7) is 2.06. The van der Waals surface area contributed by atoms with Crippen molar-refractivity contribution >= 4 is 23.6 Å². The van der Waals surface area contributed by atoms with Crippen LogP contribution in [0.25, 0.3) is 16.8 Å². The van der Waals surface area contributed by atoms with E-state index in [1.54, 1.807) is 55.5 Å². The molecular formula is C22H17N3O5. The van der Waals surface area contributed by atoms with Crippen molar-refractivity contribution in [2.45, 2.75) is 6.92 Å². The van der Waals surface area contributed by atoms with Crippen molar-refractivity contribution < 1.29 is 19.1 Å². The van der Waals surface area contributed by atoms with E-state index in [0.717, 1.165) is 17.2 Å². The molecule has 0 radical (unpaired) electrons. The summed E-state index contributed by atoms with van der Waals surface area (Å²) < 4.78 is 6.16. The second kappa shape index (κ2) is 7.32. The van der Waals surface area contributed by atoms with Crippen LogP contribution in [0.4, 0.5) is 5.82 Å². The lowest BCUT2D eigenvalue weighted by molar-refractivity contribution is 0.0526. The third-order valence-electron chi connectivity index (χ3n) is 4.81. The minimum atomic E-state index is -0.632. The molecule has 150 valence electrons. The number of amides is 2. The lowest BCUT2D eigenvalue weighted by Gasteiger charge is -2.12. The molecule has 0 atom stereocenters. The van der Waals surface area contributed by atoms with E-state index in [2.05, 4.69) is 5.32 Å². The second-order valence-electron chi connectivity index (χ2n) is 6.62. The predicted molar refractivity (Wildman–Crippen MR) is 110 cm³/mol. The molecule has 2 heterocycles. The van der Waals surface area contributed by atoms with Gasteiger partial charge in [0.1, 0.15) is 5.82 Å². The van der Waals surface area contributed by atoms with E-state index in [4.69, 9.17) is 10.5 Å². The number of nitrogens with one attached hydrogen (secondary N) is 1. The summed E-state index contributed by atoms with van der Waals surface area (Å²) in [6.07, 6.45) is 0. The van der Waals surface area contributed by atoms with Gasteiger partial charge in [0.05, 0.1) is 29.0 Å². The third-order valence-corrected chi connectivity index (χ3v) is 4.81. The number of benzene rings is 2. The fraction of sp³-hybridized carbons (Fsp3) is 0.0909. The summed E-state index contributed by atoms with van der Waals surface area (Å²) in [5, 5.41) is 2.14. The van der Waals surface area contributed by atoms with Crippen molar-refractivity contribution in [2.24, 2.45) is 0 Å². The number of carbonyl (C=O) groups excluding carboxylic acids is 3. The van der Waals surface area contributed by atoms with E-state index in [9.17, 15) is 19.2 Å². The molecule has 2 amide bonds. The lowest BCUT2D eigenvalue weighted by atomic mass is 10.0. The third kappa shape index (κ3) is 3.14. The zero-order valence-electron chi connectivity index (χ0n) is 16.0. The number of carbonyl (C=O) groups is 3. The van der Waals surface area contributed by atoms with Gasteiger partial charge in [-0.3, -0.25) is 24.3 Å². The van der Waals surface area contributed by atoms with E-state index >= 15 is 0 Å². The quantitative estimate of drug-likeness (QED) is 0.509. The molecule has 0 saturated heterocycles. The molecule has 8 nitrogen and oxygen atoms in total. The fourth-order valence-electron chi connectivity index (χ4n) is 3.36. The van der Waals surface area contributed by atoms with Crippen molar-refractivity contribution in [3.8, 4) is 16.8 Å². The van der Waals surface area contributed by atoms with Crippen molar-refractivity contribution in [3.63, 3.8) is 0 Å². The Bertz CT molecular complexity index is 1240. The van der Waals surface area contributed by atoms with Crippen molar-refractivity contribution in [1.82, 2.24) is 9.88 Å². The Morgan fingerprint density at radius 2 is 1.57 bits per heavy atom. The zero-order valence-corrected chi connectivity index (χ0v) is 16.0. The number of rotatable bonds is 4. The smallest absolute Gasteiger partial charge is 0.338 e. The van der Waals surface area contributed by atoms with E-state index in [1.807, 2.05) is 0 Å². The molecule has 3 aromatic rings. The predicted octanol–water partition coefficient (Wildman–Crippen LogP) is 2.15. The average molecular weight is 403 g/mol. The molecule has 1 aliphatic heterocycles. The number of fused-ring (bicyclic) bond motifs is 1. The highest BCUT2D eigenvalue weighted by atomic mass is 16.5. The number of hydrogen-bond acceptors (Lipinski definition) is 6. The molecule has 3 N–H and O–H groups in total. The molecule has 0 bridgehead atoms. The van der Waals surface area contributed by atoms with Gasteiger partial charge in [0, 0.05) is 6.07 Å². The number of esters is 1. The van der Waals surface area contributed by atoms with Crippen LogP contribution in [0.2, 0.25) is 0 Å². The van der Waals surface area contributed by atoms with Gasteiger partial charge in [-0.05, 0) is 42.3 Å². The Morgan fingerprint density at radius 3 is 2.17 bits per heavy atom. The summed E-state index contributed by atoms with van der Waals surface area (Å²) in [4.78, 5) is 48.0. The second-order valence-corrected chi connectivity index (χ2v) is 6.62. The van der Waals surface area contributed by atoms with E-state index in [1.165, 1.54) is 4.57 Å². The highest BCUT2D eigenvalue weighted by Gasteiger charge is 2.31. The number of nitrogens with two attached hydrogens (primary N) is 1. The maximum atomic E-state index is 12.5. The Balaban J connectivity index is 1.68. The van der Waals surface area contributed by atoms with Crippen LogP contribution in [0, 0.1) is 0 Å². The largest absolute Gasteiger partial charge is 0.462 e. The van der Waals surface area contributed by atoms with Crippen LogP contribution in [0.15, 0.2) is 59.4 Å². The molecule has 2 aromatic carbocycles. The van der Waals surface area contributed by atoms with Gasteiger partial charge in [-0.1, -0.05) is 24.3 Å². The summed E-state index contributed by atoms with van der Waals surface area (Å²) >= 11 is 0. The maximum Gasteiger partial charge on any atom is 0.338 e. The number of aromatic nitrogens is 1. The number of pyridine rings is 1. The molecule has 0 aliphatic carbocycles. The number of nitrogens with zero attached hydrogens (tertiary/aromatic N) is 1. The first-order chi connectivity index (χ1) is 14.4. The van der Waals surface area contributed by atoms with Gasteiger partial charge in [-0.25, -0.2) is 4.79 Å². The Morgan fingerprint density at radius 1 is 0.967 bits per heavy atom. The average Bonchev–Trinajstić information content (AvgIpc) is 3.02. The molecular weight excluding hydrogens is 386 g/mol. The van der Waals surface area contributed by atoms with Crippen LogP contribution in [0.1, 0.15) is 38.0 Å². The van der Waals surface area contributed by atoms with Crippen LogP contribution in [0.3, 0.4) is 0 Å². The Kier molecular flexibility index (Phi) is 4.67. The van der Waals surface area contributed by atoms with Gasteiger partial charge in [-0.15, -0.1) is 0 Å². The number of anilines is 1.